The second kappa shape index (κ2) is 5.88. The molecule has 0 amide bonds. The van der Waals surface area contributed by atoms with Crippen LogP contribution in [0.2, 0.25) is 0 Å². The van der Waals surface area contributed by atoms with E-state index in [2.05, 4.69) is 15.5 Å². The first kappa shape index (κ1) is 15.9. The van der Waals surface area contributed by atoms with Gasteiger partial charge in [0.2, 0.25) is 10.0 Å². The summed E-state index contributed by atoms with van der Waals surface area (Å²) in [6.45, 7) is 1.94. The maximum atomic E-state index is 11.3. The van der Waals surface area contributed by atoms with E-state index in [1.165, 1.54) is 12.1 Å². The molecule has 1 heterocycles. The first-order valence-electron chi connectivity index (χ1n) is 6.95. The second-order valence-electron chi connectivity index (χ2n) is 5.25. The Bertz CT molecular complexity index is 1070. The molecule has 0 unspecified atom stereocenters. The summed E-state index contributed by atoms with van der Waals surface area (Å²) in [5, 5.41) is 26.2. The Hall–Kier alpha value is -3.02. The summed E-state index contributed by atoms with van der Waals surface area (Å²) in [4.78, 5) is 0.0158. The van der Waals surface area contributed by atoms with Crippen molar-refractivity contribution >= 4 is 32.3 Å². The van der Waals surface area contributed by atoms with Crippen LogP contribution < -0.4 is 10.5 Å². The van der Waals surface area contributed by atoms with Gasteiger partial charge in [-0.1, -0.05) is 11.6 Å². The van der Waals surface area contributed by atoms with Gasteiger partial charge in [0.15, 0.2) is 5.69 Å². The maximum Gasteiger partial charge on any atom is 0.238 e. The van der Waals surface area contributed by atoms with Gasteiger partial charge in [-0.25, -0.2) is 13.6 Å². The predicted octanol–water partition coefficient (Wildman–Crippen LogP) is 2.20. The monoisotopic (exact) mass is 339 g/mol. The molecule has 1 aromatic heterocycles. The van der Waals surface area contributed by atoms with Crippen molar-refractivity contribution in [3.8, 4) is 6.07 Å². The van der Waals surface area contributed by atoms with Crippen molar-refractivity contribution in [1.29, 1.82) is 5.26 Å². The molecule has 0 aliphatic carbocycles. The highest BCUT2D eigenvalue weighted by Gasteiger charge is 2.12. The van der Waals surface area contributed by atoms with Crippen LogP contribution >= 0.6 is 0 Å². The Kier molecular flexibility index (Phi) is 3.89. The first-order chi connectivity index (χ1) is 11.4. The summed E-state index contributed by atoms with van der Waals surface area (Å²) in [5.74, 6) is 0. The third-order valence-corrected chi connectivity index (χ3v) is 4.40. The minimum atomic E-state index is -3.75. The fourth-order valence-electron chi connectivity index (χ4n) is 2.30. The highest BCUT2D eigenvalue weighted by Crippen LogP contribution is 2.28. The van der Waals surface area contributed by atoms with E-state index in [-0.39, 0.29) is 10.6 Å². The number of hydrogen-bond donors (Lipinski definition) is 2. The summed E-state index contributed by atoms with van der Waals surface area (Å²) in [5.41, 5.74) is 2.96. The molecule has 0 saturated heterocycles. The van der Waals surface area contributed by atoms with Crippen LogP contribution in [0.3, 0.4) is 0 Å². The molecule has 8 heteroatoms. The zero-order valence-corrected chi connectivity index (χ0v) is 13.5. The standard InChI is InChI=1S/C16H13N5O2S/c1-10-2-7-14-13(8-10)16(15(9-17)21-20-14)19-11-3-5-12(6-4-11)24(18,22)23/h2-8H,1H3,(H,19,20)(H2,18,22,23). The lowest BCUT2D eigenvalue weighted by atomic mass is 10.1. The van der Waals surface area contributed by atoms with Crippen molar-refractivity contribution in [3.05, 3.63) is 53.7 Å². The fourth-order valence-corrected chi connectivity index (χ4v) is 2.81. The van der Waals surface area contributed by atoms with Crippen LogP contribution in [-0.4, -0.2) is 18.6 Å². The number of primary sulfonamides is 1. The Morgan fingerprint density at radius 3 is 2.46 bits per heavy atom. The number of sulfonamides is 1. The predicted molar refractivity (Wildman–Crippen MR) is 90.1 cm³/mol. The summed E-state index contributed by atoms with van der Waals surface area (Å²) in [6.07, 6.45) is 0. The summed E-state index contributed by atoms with van der Waals surface area (Å²) >= 11 is 0. The number of rotatable bonds is 3. The molecule has 120 valence electrons. The van der Waals surface area contributed by atoms with E-state index in [0.717, 1.165) is 10.9 Å². The largest absolute Gasteiger partial charge is 0.353 e. The number of anilines is 2. The smallest absolute Gasteiger partial charge is 0.238 e. The van der Waals surface area contributed by atoms with Gasteiger partial charge in [0, 0.05) is 11.1 Å². The molecular weight excluding hydrogens is 326 g/mol. The Morgan fingerprint density at radius 2 is 1.83 bits per heavy atom. The number of benzene rings is 2. The lowest BCUT2D eigenvalue weighted by Gasteiger charge is -2.11. The van der Waals surface area contributed by atoms with Gasteiger partial charge in [-0.2, -0.15) is 5.26 Å². The van der Waals surface area contributed by atoms with E-state index in [4.69, 9.17) is 5.14 Å². The van der Waals surface area contributed by atoms with Gasteiger partial charge >= 0.3 is 0 Å². The number of nitrogens with one attached hydrogen (secondary N) is 1. The molecule has 7 nitrogen and oxygen atoms in total. The first-order valence-corrected chi connectivity index (χ1v) is 8.50. The minimum absolute atomic E-state index is 0.0158. The van der Waals surface area contributed by atoms with Crippen LogP contribution in [0.15, 0.2) is 47.4 Å². The van der Waals surface area contributed by atoms with Crippen molar-refractivity contribution in [2.75, 3.05) is 5.32 Å². The topological polar surface area (TPSA) is 122 Å². The van der Waals surface area contributed by atoms with Crippen LogP contribution in [0, 0.1) is 18.3 Å². The Labute approximate surface area is 138 Å². The number of fused-ring (bicyclic) bond motifs is 1. The van der Waals surface area contributed by atoms with E-state index in [1.54, 1.807) is 12.1 Å². The van der Waals surface area contributed by atoms with Gasteiger partial charge < -0.3 is 5.32 Å². The van der Waals surface area contributed by atoms with Crippen molar-refractivity contribution in [1.82, 2.24) is 10.2 Å². The zero-order chi connectivity index (χ0) is 17.3. The van der Waals surface area contributed by atoms with Gasteiger partial charge in [0.05, 0.1) is 16.1 Å². The maximum absolute atomic E-state index is 11.3. The summed E-state index contributed by atoms with van der Waals surface area (Å²) in [6, 6.07) is 13.6. The second-order valence-corrected chi connectivity index (χ2v) is 6.81. The number of nitrogens with two attached hydrogens (primary N) is 1. The normalized spacial score (nSPS) is 11.2. The molecule has 0 spiro atoms. The lowest BCUT2D eigenvalue weighted by Crippen LogP contribution is -2.11. The third-order valence-electron chi connectivity index (χ3n) is 3.47. The van der Waals surface area contributed by atoms with Crippen molar-refractivity contribution in [3.63, 3.8) is 0 Å². The number of nitrogens with zero attached hydrogens (tertiary/aromatic N) is 3. The number of hydrogen-bond acceptors (Lipinski definition) is 6. The van der Waals surface area contributed by atoms with Crippen LogP contribution in [0.5, 0.6) is 0 Å². The summed E-state index contributed by atoms with van der Waals surface area (Å²) in [7, 11) is -3.75. The molecule has 0 aliphatic heterocycles. The number of aryl methyl sites for hydroxylation is 1. The highest BCUT2D eigenvalue weighted by molar-refractivity contribution is 7.89. The third kappa shape index (κ3) is 3.03. The lowest BCUT2D eigenvalue weighted by molar-refractivity contribution is 0.598. The van der Waals surface area contributed by atoms with E-state index in [0.29, 0.717) is 16.9 Å². The van der Waals surface area contributed by atoms with E-state index >= 15 is 0 Å². The van der Waals surface area contributed by atoms with Crippen LogP contribution in [0.25, 0.3) is 10.9 Å². The molecule has 0 bridgehead atoms. The van der Waals surface area contributed by atoms with Crippen LogP contribution in [0.4, 0.5) is 11.4 Å². The van der Waals surface area contributed by atoms with Crippen molar-refractivity contribution in [2.45, 2.75) is 11.8 Å². The molecule has 24 heavy (non-hydrogen) atoms. The number of nitriles is 1. The quantitative estimate of drug-likeness (QED) is 0.754. The average Bonchev–Trinajstić information content (AvgIpc) is 2.55. The van der Waals surface area contributed by atoms with Crippen LogP contribution in [0.1, 0.15) is 11.3 Å². The Balaban J connectivity index is 2.09. The van der Waals surface area contributed by atoms with Gasteiger partial charge in [0.1, 0.15) is 6.07 Å². The molecule has 0 fully saturated rings. The molecule has 3 N–H and O–H groups in total. The molecule has 0 radical (unpaired) electrons. The van der Waals surface area contributed by atoms with Gasteiger partial charge in [-0.05, 0) is 43.3 Å². The van der Waals surface area contributed by atoms with Crippen molar-refractivity contribution in [2.24, 2.45) is 5.14 Å². The van der Waals surface area contributed by atoms with Crippen molar-refractivity contribution < 1.29 is 8.42 Å². The number of aromatic nitrogens is 2. The Morgan fingerprint density at radius 1 is 1.12 bits per heavy atom. The SMILES string of the molecule is Cc1ccc2nnc(C#N)c(Nc3ccc(S(N)(=O)=O)cc3)c2c1. The molecular formula is C16H13N5O2S. The van der Waals surface area contributed by atoms with Crippen LogP contribution in [-0.2, 0) is 10.0 Å². The fraction of sp³-hybridized carbons (Fsp3) is 0.0625. The molecule has 3 aromatic rings. The molecule has 0 aliphatic rings. The minimum Gasteiger partial charge on any atom is -0.353 e. The van der Waals surface area contributed by atoms with Gasteiger partial charge in [-0.3, -0.25) is 0 Å². The van der Waals surface area contributed by atoms with E-state index in [1.807, 2.05) is 31.2 Å². The zero-order valence-electron chi connectivity index (χ0n) is 12.7. The van der Waals surface area contributed by atoms with Gasteiger partial charge in [0.25, 0.3) is 0 Å². The molecule has 3 rings (SSSR count). The van der Waals surface area contributed by atoms with E-state index < -0.39 is 10.0 Å². The average molecular weight is 339 g/mol. The highest BCUT2D eigenvalue weighted by atomic mass is 32.2. The summed E-state index contributed by atoms with van der Waals surface area (Å²) < 4.78 is 22.6. The van der Waals surface area contributed by atoms with E-state index in [9.17, 15) is 13.7 Å². The van der Waals surface area contributed by atoms with Gasteiger partial charge in [-0.15, -0.1) is 10.2 Å². The molecule has 2 aromatic carbocycles. The molecule has 0 saturated carbocycles. The molecule has 0 atom stereocenters.